The minimum Gasteiger partial charge on any atom is -0.376 e. The van der Waals surface area contributed by atoms with E-state index < -0.39 is 0 Å². The van der Waals surface area contributed by atoms with Crippen LogP contribution in [0.2, 0.25) is 0 Å². The summed E-state index contributed by atoms with van der Waals surface area (Å²) in [6.07, 6.45) is 2.27. The average Bonchev–Trinajstić information content (AvgIpc) is 2.52. The van der Waals surface area contributed by atoms with Gasteiger partial charge < -0.3 is 10.1 Å². The van der Waals surface area contributed by atoms with Gasteiger partial charge in [-0.1, -0.05) is 0 Å². The molecule has 5 nitrogen and oxygen atoms in total. The molecule has 0 radical (unpaired) electrons. The van der Waals surface area contributed by atoms with Crippen LogP contribution in [0.4, 0.5) is 4.79 Å². The van der Waals surface area contributed by atoms with Crippen molar-refractivity contribution in [1.29, 1.82) is 0 Å². The van der Waals surface area contributed by atoms with Crippen LogP contribution in [0.3, 0.4) is 0 Å². The molecule has 0 bridgehead atoms. The molecule has 1 rings (SSSR count). The molecule has 1 unspecified atom stereocenters. The normalized spacial score (nSPS) is 23.2. The van der Waals surface area contributed by atoms with Gasteiger partial charge in [-0.05, 0) is 12.8 Å². The lowest BCUT2D eigenvalue weighted by Gasteiger charge is -2.09. The van der Waals surface area contributed by atoms with Gasteiger partial charge in [-0.2, -0.15) is 0 Å². The van der Waals surface area contributed by atoms with Crippen molar-refractivity contribution < 1.29 is 9.53 Å². The van der Waals surface area contributed by atoms with Crippen LogP contribution in [-0.4, -0.2) is 25.3 Å². The summed E-state index contributed by atoms with van der Waals surface area (Å²) in [5, 5.41) is 2.57. The van der Waals surface area contributed by atoms with E-state index in [1.54, 1.807) is 0 Å². The molecule has 2 amide bonds. The lowest BCUT2D eigenvalue weighted by Crippen LogP contribution is -2.42. The lowest BCUT2D eigenvalue weighted by atomic mass is 10.2. The fourth-order valence-electron chi connectivity index (χ4n) is 1.06. The SMILES string of the molecule is NNC(=O)NCC1CCCO1. The van der Waals surface area contributed by atoms with Gasteiger partial charge in [-0.3, -0.25) is 5.43 Å². The summed E-state index contributed by atoms with van der Waals surface area (Å²) >= 11 is 0. The van der Waals surface area contributed by atoms with Crippen molar-refractivity contribution in [3.8, 4) is 0 Å². The summed E-state index contributed by atoms with van der Waals surface area (Å²) in [6, 6.07) is -0.361. The Kier molecular flexibility index (Phi) is 3.13. The smallest absolute Gasteiger partial charge is 0.328 e. The third-order valence-corrected chi connectivity index (χ3v) is 1.65. The number of carbonyl (C=O) groups excluding carboxylic acids is 1. The Hall–Kier alpha value is -0.810. The van der Waals surface area contributed by atoms with E-state index in [0.717, 1.165) is 19.4 Å². The van der Waals surface area contributed by atoms with Gasteiger partial charge in [0.15, 0.2) is 0 Å². The number of hydrogen-bond donors (Lipinski definition) is 3. The average molecular weight is 159 g/mol. The Morgan fingerprint density at radius 3 is 3.09 bits per heavy atom. The molecule has 1 fully saturated rings. The van der Waals surface area contributed by atoms with Gasteiger partial charge >= 0.3 is 6.03 Å². The molecule has 5 heteroatoms. The molecule has 0 aliphatic carbocycles. The van der Waals surface area contributed by atoms with Gasteiger partial charge in [0, 0.05) is 13.2 Å². The summed E-state index contributed by atoms with van der Waals surface area (Å²) < 4.78 is 5.26. The summed E-state index contributed by atoms with van der Waals surface area (Å²) in [5.74, 6) is 4.85. The van der Waals surface area contributed by atoms with Gasteiger partial charge in [0.05, 0.1) is 6.10 Å². The lowest BCUT2D eigenvalue weighted by molar-refractivity contribution is 0.111. The largest absolute Gasteiger partial charge is 0.376 e. The maximum absolute atomic E-state index is 10.6. The van der Waals surface area contributed by atoms with Crippen molar-refractivity contribution in [2.45, 2.75) is 18.9 Å². The van der Waals surface area contributed by atoms with Crippen LogP contribution in [0, 0.1) is 0 Å². The highest BCUT2D eigenvalue weighted by Gasteiger charge is 2.15. The maximum Gasteiger partial charge on any atom is 0.328 e. The van der Waals surface area contributed by atoms with Crippen molar-refractivity contribution in [3.05, 3.63) is 0 Å². The minimum absolute atomic E-state index is 0.173. The molecule has 0 spiro atoms. The highest BCUT2D eigenvalue weighted by atomic mass is 16.5. The highest BCUT2D eigenvalue weighted by molar-refractivity contribution is 5.72. The topological polar surface area (TPSA) is 76.4 Å². The molecule has 0 saturated carbocycles. The number of hydrogen-bond acceptors (Lipinski definition) is 3. The van der Waals surface area contributed by atoms with Crippen LogP contribution < -0.4 is 16.6 Å². The van der Waals surface area contributed by atoms with Crippen LogP contribution in [-0.2, 0) is 4.74 Å². The van der Waals surface area contributed by atoms with Gasteiger partial charge in [0.25, 0.3) is 0 Å². The molecule has 1 aliphatic heterocycles. The van der Waals surface area contributed by atoms with Gasteiger partial charge in [-0.25, -0.2) is 10.6 Å². The zero-order chi connectivity index (χ0) is 8.10. The van der Waals surface area contributed by atoms with Gasteiger partial charge in [0.1, 0.15) is 0 Å². The van der Waals surface area contributed by atoms with E-state index in [1.165, 1.54) is 0 Å². The first-order chi connectivity index (χ1) is 5.33. The molecule has 11 heavy (non-hydrogen) atoms. The monoisotopic (exact) mass is 159 g/mol. The summed E-state index contributed by atoms with van der Waals surface area (Å²) in [5.41, 5.74) is 1.98. The van der Waals surface area contributed by atoms with Crippen molar-refractivity contribution in [3.63, 3.8) is 0 Å². The third kappa shape index (κ3) is 2.73. The quantitative estimate of drug-likeness (QED) is 0.284. The molecule has 1 heterocycles. The second-order valence-electron chi connectivity index (χ2n) is 2.49. The Bertz CT molecular complexity index is 134. The van der Waals surface area contributed by atoms with E-state index >= 15 is 0 Å². The number of amides is 2. The molecule has 1 atom stereocenters. The van der Waals surface area contributed by atoms with Crippen LogP contribution in [0.25, 0.3) is 0 Å². The van der Waals surface area contributed by atoms with Gasteiger partial charge in [0.2, 0.25) is 0 Å². The number of ether oxygens (including phenoxy) is 1. The zero-order valence-corrected chi connectivity index (χ0v) is 6.30. The molecule has 0 aromatic heterocycles. The van der Waals surface area contributed by atoms with Crippen molar-refractivity contribution in [2.24, 2.45) is 5.84 Å². The second kappa shape index (κ2) is 4.15. The first-order valence-electron chi connectivity index (χ1n) is 3.69. The molecule has 1 aliphatic rings. The molecule has 64 valence electrons. The van der Waals surface area contributed by atoms with Crippen molar-refractivity contribution >= 4 is 6.03 Å². The highest BCUT2D eigenvalue weighted by Crippen LogP contribution is 2.10. The predicted molar refractivity (Wildman–Crippen MR) is 39.7 cm³/mol. The van der Waals surface area contributed by atoms with E-state index in [9.17, 15) is 4.79 Å². The predicted octanol–water partition coefficient (Wildman–Crippen LogP) is -0.662. The minimum atomic E-state index is -0.361. The summed E-state index contributed by atoms with van der Waals surface area (Å²) in [7, 11) is 0. The third-order valence-electron chi connectivity index (χ3n) is 1.65. The van der Waals surface area contributed by atoms with Crippen LogP contribution >= 0.6 is 0 Å². The number of urea groups is 1. The molecular weight excluding hydrogens is 146 g/mol. The van der Waals surface area contributed by atoms with E-state index in [1.807, 2.05) is 5.43 Å². The molecule has 4 N–H and O–H groups in total. The Balaban J connectivity index is 2.06. The first-order valence-corrected chi connectivity index (χ1v) is 3.69. The number of nitrogens with two attached hydrogens (primary N) is 1. The number of hydrazine groups is 1. The van der Waals surface area contributed by atoms with E-state index in [-0.39, 0.29) is 12.1 Å². The van der Waals surface area contributed by atoms with Crippen LogP contribution in [0.15, 0.2) is 0 Å². The maximum atomic E-state index is 10.6. The van der Waals surface area contributed by atoms with Gasteiger partial charge in [-0.15, -0.1) is 0 Å². The molecule has 0 aromatic carbocycles. The Morgan fingerprint density at radius 2 is 2.55 bits per heavy atom. The molecule has 0 aromatic rings. The van der Waals surface area contributed by atoms with E-state index in [0.29, 0.717) is 6.54 Å². The number of nitrogens with one attached hydrogen (secondary N) is 2. The molecule has 1 saturated heterocycles. The summed E-state index contributed by atoms with van der Waals surface area (Å²) in [6.45, 7) is 1.35. The second-order valence-corrected chi connectivity index (χ2v) is 2.49. The van der Waals surface area contributed by atoms with Crippen molar-refractivity contribution in [2.75, 3.05) is 13.2 Å². The van der Waals surface area contributed by atoms with Crippen LogP contribution in [0.1, 0.15) is 12.8 Å². The number of rotatable bonds is 2. The Labute approximate surface area is 65.2 Å². The fourth-order valence-corrected chi connectivity index (χ4v) is 1.06. The van der Waals surface area contributed by atoms with Crippen molar-refractivity contribution in [1.82, 2.24) is 10.7 Å². The molecular formula is C6H13N3O2. The fraction of sp³-hybridized carbons (Fsp3) is 0.833. The standard InChI is InChI=1S/C6H13N3O2/c7-9-6(10)8-4-5-2-1-3-11-5/h5H,1-4,7H2,(H2,8,9,10). The Morgan fingerprint density at radius 1 is 1.73 bits per heavy atom. The first kappa shape index (κ1) is 8.29. The van der Waals surface area contributed by atoms with E-state index in [4.69, 9.17) is 10.6 Å². The zero-order valence-electron chi connectivity index (χ0n) is 6.30. The van der Waals surface area contributed by atoms with E-state index in [2.05, 4.69) is 5.32 Å². The number of carbonyl (C=O) groups is 1. The van der Waals surface area contributed by atoms with Crippen LogP contribution in [0.5, 0.6) is 0 Å². The summed E-state index contributed by atoms with van der Waals surface area (Å²) in [4.78, 5) is 10.6.